The zero-order valence-electron chi connectivity index (χ0n) is 30.3. The number of amides is 1. The van der Waals surface area contributed by atoms with Gasteiger partial charge in [0.1, 0.15) is 39.9 Å². The molecule has 1 amide bonds. The standard InChI is InChI=1S/C41H38F2N8O4/c1-3-29-31(42)7-4-22-13-28(52)14-30(32(22)29)35-34(43)36-33(38(46-35)54-2)37(50-18-26-5-6-27(19-50)51(26)39(53)23(15-45)8-11-44)48-40(47-36)55-21-41(9-10-41)20-49-16-24-12-25(24)17-49/h1,4,7,13-14,23-27,52H,5-6,8-10,12,16-21H2,2H3. The minimum atomic E-state index is -1.06. The number of hydrogen-bond donors (Lipinski definition) is 1. The fourth-order valence-corrected chi connectivity index (χ4v) is 9.21. The van der Waals surface area contributed by atoms with Crippen LogP contribution < -0.4 is 14.4 Å². The number of aromatic hydroxyl groups is 1. The number of rotatable bonds is 10. The highest BCUT2D eigenvalue weighted by atomic mass is 19.1. The number of hydrogen-bond acceptors (Lipinski definition) is 11. The molecule has 2 aliphatic carbocycles. The van der Waals surface area contributed by atoms with Gasteiger partial charge in [0.25, 0.3) is 0 Å². The zero-order chi connectivity index (χ0) is 38.2. The van der Waals surface area contributed by atoms with Crippen molar-refractivity contribution in [1.82, 2.24) is 24.8 Å². The summed E-state index contributed by atoms with van der Waals surface area (Å²) < 4.78 is 44.6. The molecule has 4 aromatic rings. The molecule has 3 aliphatic heterocycles. The van der Waals surface area contributed by atoms with E-state index in [0.717, 1.165) is 44.3 Å². The van der Waals surface area contributed by atoms with Gasteiger partial charge in [-0.1, -0.05) is 12.0 Å². The summed E-state index contributed by atoms with van der Waals surface area (Å²) in [5.74, 6) is 1.10. The quantitative estimate of drug-likeness (QED) is 0.215. The number of carbonyl (C=O) groups excluding carboxylic acids is 1. The van der Waals surface area contributed by atoms with Gasteiger partial charge in [-0.2, -0.15) is 20.5 Å². The number of likely N-dealkylation sites (tertiary alicyclic amines) is 1. The molecule has 2 saturated carbocycles. The summed E-state index contributed by atoms with van der Waals surface area (Å²) >= 11 is 0. The van der Waals surface area contributed by atoms with E-state index in [1.165, 1.54) is 37.8 Å². The molecule has 5 fully saturated rings. The molecule has 280 valence electrons. The molecule has 2 aromatic carbocycles. The van der Waals surface area contributed by atoms with Crippen molar-refractivity contribution in [2.24, 2.45) is 23.2 Å². The summed E-state index contributed by atoms with van der Waals surface area (Å²) in [5, 5.41) is 30.4. The third-order valence-corrected chi connectivity index (χ3v) is 12.2. The predicted octanol–water partition coefficient (Wildman–Crippen LogP) is 5.16. The molecular weight excluding hydrogens is 706 g/mol. The van der Waals surface area contributed by atoms with Crippen molar-refractivity contribution in [3.63, 3.8) is 0 Å². The van der Waals surface area contributed by atoms with Crippen molar-refractivity contribution >= 4 is 33.4 Å². The lowest BCUT2D eigenvalue weighted by Gasteiger charge is -2.42. The molecular formula is C41H38F2N8O4. The van der Waals surface area contributed by atoms with E-state index in [4.69, 9.17) is 20.9 Å². The third-order valence-electron chi connectivity index (χ3n) is 12.2. The average Bonchev–Trinajstić information content (AvgIpc) is 4.07. The molecule has 0 radical (unpaired) electrons. The van der Waals surface area contributed by atoms with Crippen LogP contribution in [0.5, 0.6) is 17.6 Å². The second-order valence-electron chi connectivity index (χ2n) is 15.8. The van der Waals surface area contributed by atoms with Gasteiger partial charge < -0.3 is 29.3 Å². The largest absolute Gasteiger partial charge is 0.508 e. The molecule has 0 spiro atoms. The van der Waals surface area contributed by atoms with E-state index < -0.39 is 17.6 Å². The topological polar surface area (TPSA) is 152 Å². The number of benzene rings is 2. The number of fused-ring (bicyclic) bond motifs is 5. The highest BCUT2D eigenvalue weighted by Crippen LogP contribution is 2.51. The van der Waals surface area contributed by atoms with E-state index in [1.54, 1.807) is 4.90 Å². The van der Waals surface area contributed by atoms with Crippen molar-refractivity contribution in [2.45, 2.75) is 50.6 Å². The normalized spacial score (nSPS) is 23.9. The van der Waals surface area contributed by atoms with Gasteiger partial charge in [0.2, 0.25) is 11.8 Å². The molecule has 2 aromatic heterocycles. The number of methoxy groups -OCH3 is 1. The number of aromatic nitrogens is 3. The van der Waals surface area contributed by atoms with E-state index in [9.17, 15) is 20.4 Å². The van der Waals surface area contributed by atoms with Crippen molar-refractivity contribution in [2.75, 3.05) is 51.3 Å². The molecule has 3 saturated heterocycles. The minimum absolute atomic E-state index is 0.0150. The Hall–Kier alpha value is -5.78. The number of anilines is 1. The van der Waals surface area contributed by atoms with Gasteiger partial charge in [0.15, 0.2) is 5.82 Å². The third kappa shape index (κ3) is 5.98. The van der Waals surface area contributed by atoms with Gasteiger partial charge in [-0.15, -0.1) is 6.42 Å². The Balaban J connectivity index is 1.15. The second kappa shape index (κ2) is 13.2. The lowest BCUT2D eigenvalue weighted by molar-refractivity contribution is -0.137. The summed E-state index contributed by atoms with van der Waals surface area (Å²) in [6.45, 7) is 4.12. The number of ether oxygens (including phenoxy) is 2. The van der Waals surface area contributed by atoms with Crippen molar-refractivity contribution in [3.8, 4) is 53.4 Å². The number of phenolic OH excluding ortho intramolecular Hbond substituents is 1. The number of phenols is 1. The summed E-state index contributed by atoms with van der Waals surface area (Å²) in [4.78, 5) is 33.8. The van der Waals surface area contributed by atoms with Crippen LogP contribution in [0.3, 0.4) is 0 Å². The summed E-state index contributed by atoms with van der Waals surface area (Å²) in [7, 11) is 1.39. The Morgan fingerprint density at radius 3 is 2.47 bits per heavy atom. The van der Waals surface area contributed by atoms with Crippen LogP contribution in [0.25, 0.3) is 32.9 Å². The van der Waals surface area contributed by atoms with Crippen LogP contribution in [-0.2, 0) is 4.79 Å². The maximum Gasteiger partial charge on any atom is 0.319 e. The SMILES string of the molecule is C#Cc1c(F)ccc2cc(O)cc(-c3nc(OC)c4c(N5CC6CCC(C5)N6C(=O)C(C#N)CC#N)nc(OCC5(CN6CC7CC7C6)CC5)nc4c3F)c12. The molecule has 14 heteroatoms. The maximum absolute atomic E-state index is 17.3. The number of nitriles is 2. The molecule has 5 aliphatic rings. The molecule has 1 N–H and O–H groups in total. The Bertz CT molecular complexity index is 2380. The number of piperazine rings is 1. The first kappa shape index (κ1) is 35.0. The first-order valence-corrected chi connectivity index (χ1v) is 18.7. The van der Waals surface area contributed by atoms with Crippen molar-refractivity contribution < 1.29 is 28.2 Å². The van der Waals surface area contributed by atoms with Crippen molar-refractivity contribution in [3.05, 3.63) is 41.5 Å². The number of terminal acetylenes is 1. The maximum atomic E-state index is 17.3. The number of halogens is 2. The van der Waals surface area contributed by atoms with E-state index in [0.29, 0.717) is 43.7 Å². The highest BCUT2D eigenvalue weighted by molar-refractivity contribution is 6.04. The van der Waals surface area contributed by atoms with Crippen molar-refractivity contribution in [1.29, 1.82) is 10.5 Å². The fourth-order valence-electron chi connectivity index (χ4n) is 9.21. The summed E-state index contributed by atoms with van der Waals surface area (Å²) in [6, 6.07) is 8.68. The van der Waals surface area contributed by atoms with E-state index in [1.807, 2.05) is 17.0 Å². The van der Waals surface area contributed by atoms with Crippen LogP contribution in [0, 0.1) is 69.8 Å². The molecule has 5 atom stereocenters. The number of carbonyl (C=O) groups is 1. The molecule has 5 heterocycles. The monoisotopic (exact) mass is 744 g/mol. The Kier molecular flexibility index (Phi) is 8.39. The first-order valence-electron chi connectivity index (χ1n) is 18.7. The average molecular weight is 745 g/mol. The Morgan fingerprint density at radius 1 is 1.07 bits per heavy atom. The molecule has 2 bridgehead atoms. The molecule has 55 heavy (non-hydrogen) atoms. The van der Waals surface area contributed by atoms with Crippen LogP contribution in [0.1, 0.15) is 44.1 Å². The van der Waals surface area contributed by atoms with Crippen LogP contribution in [0.15, 0.2) is 24.3 Å². The van der Waals surface area contributed by atoms with E-state index in [-0.39, 0.29) is 80.6 Å². The Labute approximate surface area is 316 Å². The highest BCUT2D eigenvalue weighted by Gasteiger charge is 2.51. The number of pyridine rings is 1. The van der Waals surface area contributed by atoms with Crippen LogP contribution in [0.4, 0.5) is 14.6 Å². The van der Waals surface area contributed by atoms with Gasteiger partial charge in [0, 0.05) is 61.2 Å². The van der Waals surface area contributed by atoms with Crippen LogP contribution >= 0.6 is 0 Å². The van der Waals surface area contributed by atoms with Gasteiger partial charge >= 0.3 is 6.01 Å². The van der Waals surface area contributed by atoms with Crippen LogP contribution in [-0.4, -0.2) is 94.3 Å². The van der Waals surface area contributed by atoms with E-state index in [2.05, 4.69) is 20.8 Å². The summed E-state index contributed by atoms with van der Waals surface area (Å²) in [5.41, 5.74) is -0.508. The molecule has 5 unspecified atom stereocenters. The smallest absolute Gasteiger partial charge is 0.319 e. The molecule has 12 nitrogen and oxygen atoms in total. The van der Waals surface area contributed by atoms with Gasteiger partial charge in [-0.05, 0) is 67.5 Å². The second-order valence-corrected chi connectivity index (χ2v) is 15.8. The minimum Gasteiger partial charge on any atom is -0.508 e. The number of nitrogens with zero attached hydrogens (tertiary/aromatic N) is 8. The lowest BCUT2D eigenvalue weighted by Crippen LogP contribution is -2.57. The fraction of sp³-hybridized carbons (Fsp3) is 0.463. The van der Waals surface area contributed by atoms with Crippen LogP contribution in [0.2, 0.25) is 0 Å². The number of piperidine rings is 1. The van der Waals surface area contributed by atoms with Gasteiger partial charge in [-0.25, -0.2) is 13.8 Å². The van der Waals surface area contributed by atoms with Gasteiger partial charge in [0.05, 0.1) is 37.8 Å². The zero-order valence-corrected chi connectivity index (χ0v) is 30.3. The van der Waals surface area contributed by atoms with Gasteiger partial charge in [-0.3, -0.25) is 4.79 Å². The summed E-state index contributed by atoms with van der Waals surface area (Å²) in [6.07, 6.45) is 10.2. The first-order chi connectivity index (χ1) is 26.6. The predicted molar refractivity (Wildman–Crippen MR) is 197 cm³/mol. The van der Waals surface area contributed by atoms with E-state index >= 15 is 8.78 Å². The Morgan fingerprint density at radius 2 is 1.82 bits per heavy atom. The lowest BCUT2D eigenvalue weighted by atomic mass is 9.95. The molecule has 9 rings (SSSR count).